The van der Waals surface area contributed by atoms with E-state index in [9.17, 15) is 9.59 Å². The molecule has 0 bridgehead atoms. The highest BCUT2D eigenvalue weighted by Crippen LogP contribution is 2.23. The average Bonchev–Trinajstić information content (AvgIpc) is 2.76. The minimum Gasteiger partial charge on any atom is -0.481 e. The second-order valence-electron chi connectivity index (χ2n) is 5.17. The molecule has 0 aliphatic rings. The minimum atomic E-state index is -1.05. The Balaban J connectivity index is 2.59. The SMILES string of the molecule is CCc1cnc(C(C)NC(=O)CC(C)(C)C(=O)O)s1. The molecule has 0 aliphatic heterocycles. The molecule has 0 aliphatic carbocycles. The quantitative estimate of drug-likeness (QED) is 0.840. The molecular weight excluding hydrogens is 264 g/mol. The fourth-order valence-corrected chi connectivity index (χ4v) is 2.38. The van der Waals surface area contributed by atoms with Crippen molar-refractivity contribution in [3.05, 3.63) is 16.1 Å². The van der Waals surface area contributed by atoms with E-state index in [4.69, 9.17) is 5.11 Å². The summed E-state index contributed by atoms with van der Waals surface area (Å²) >= 11 is 1.57. The number of carboxylic acids is 1. The second kappa shape index (κ2) is 6.14. The summed E-state index contributed by atoms with van der Waals surface area (Å²) in [7, 11) is 0. The van der Waals surface area contributed by atoms with Gasteiger partial charge in [-0.1, -0.05) is 6.92 Å². The first kappa shape index (κ1) is 15.6. The van der Waals surface area contributed by atoms with Crippen molar-refractivity contribution in [2.45, 2.75) is 46.6 Å². The molecule has 106 valence electrons. The Morgan fingerprint density at radius 2 is 2.16 bits per heavy atom. The van der Waals surface area contributed by atoms with E-state index in [1.165, 1.54) is 18.7 Å². The van der Waals surface area contributed by atoms with Crippen LogP contribution in [0.15, 0.2) is 6.20 Å². The second-order valence-corrected chi connectivity index (χ2v) is 6.32. The van der Waals surface area contributed by atoms with Gasteiger partial charge in [0.25, 0.3) is 0 Å². The lowest BCUT2D eigenvalue weighted by Gasteiger charge is -2.19. The van der Waals surface area contributed by atoms with E-state index in [-0.39, 0.29) is 18.4 Å². The number of nitrogens with one attached hydrogen (secondary N) is 1. The third-order valence-electron chi connectivity index (χ3n) is 2.85. The lowest BCUT2D eigenvalue weighted by atomic mass is 9.89. The van der Waals surface area contributed by atoms with E-state index in [0.29, 0.717) is 0 Å². The number of carboxylic acid groups (broad SMARTS) is 1. The van der Waals surface area contributed by atoms with Gasteiger partial charge in [0, 0.05) is 17.5 Å². The van der Waals surface area contributed by atoms with Crippen LogP contribution in [0.5, 0.6) is 0 Å². The Kier molecular flexibility index (Phi) is 5.05. The fourth-order valence-electron chi connectivity index (χ4n) is 1.52. The van der Waals surface area contributed by atoms with Crippen molar-refractivity contribution in [2.75, 3.05) is 0 Å². The summed E-state index contributed by atoms with van der Waals surface area (Å²) in [5.41, 5.74) is -1.05. The summed E-state index contributed by atoms with van der Waals surface area (Å²) in [5.74, 6) is -1.24. The van der Waals surface area contributed by atoms with Gasteiger partial charge in [0.1, 0.15) is 5.01 Å². The highest BCUT2D eigenvalue weighted by atomic mass is 32.1. The topological polar surface area (TPSA) is 79.3 Å². The summed E-state index contributed by atoms with van der Waals surface area (Å²) < 4.78 is 0. The summed E-state index contributed by atoms with van der Waals surface area (Å²) in [6.45, 7) is 6.98. The molecule has 1 aromatic heterocycles. The van der Waals surface area contributed by atoms with E-state index >= 15 is 0 Å². The van der Waals surface area contributed by atoms with Crippen LogP contribution in [0.3, 0.4) is 0 Å². The maximum Gasteiger partial charge on any atom is 0.309 e. The van der Waals surface area contributed by atoms with E-state index < -0.39 is 11.4 Å². The minimum absolute atomic E-state index is 0.0430. The summed E-state index contributed by atoms with van der Waals surface area (Å²) in [5, 5.41) is 12.6. The molecule has 1 amide bonds. The van der Waals surface area contributed by atoms with Gasteiger partial charge in [-0.05, 0) is 27.2 Å². The van der Waals surface area contributed by atoms with Crippen molar-refractivity contribution in [3.63, 3.8) is 0 Å². The largest absolute Gasteiger partial charge is 0.481 e. The van der Waals surface area contributed by atoms with Gasteiger partial charge in [-0.25, -0.2) is 4.98 Å². The summed E-state index contributed by atoms with van der Waals surface area (Å²) in [6.07, 6.45) is 2.69. The number of aromatic nitrogens is 1. The fraction of sp³-hybridized carbons (Fsp3) is 0.615. The van der Waals surface area contributed by atoms with Crippen LogP contribution in [-0.2, 0) is 16.0 Å². The zero-order valence-corrected chi connectivity index (χ0v) is 12.5. The molecule has 6 heteroatoms. The maximum absolute atomic E-state index is 11.8. The molecule has 0 fully saturated rings. The number of nitrogens with zero attached hydrogens (tertiary/aromatic N) is 1. The van der Waals surface area contributed by atoms with Crippen molar-refractivity contribution >= 4 is 23.2 Å². The molecule has 1 aromatic rings. The number of hydrogen-bond donors (Lipinski definition) is 2. The average molecular weight is 284 g/mol. The molecule has 5 nitrogen and oxygen atoms in total. The van der Waals surface area contributed by atoms with Crippen molar-refractivity contribution in [3.8, 4) is 0 Å². The van der Waals surface area contributed by atoms with E-state index in [1.54, 1.807) is 11.3 Å². The number of rotatable bonds is 6. The smallest absolute Gasteiger partial charge is 0.309 e. The lowest BCUT2D eigenvalue weighted by Crippen LogP contribution is -2.34. The Hall–Kier alpha value is -1.43. The van der Waals surface area contributed by atoms with E-state index in [0.717, 1.165) is 11.4 Å². The number of aliphatic carboxylic acids is 1. The van der Waals surface area contributed by atoms with Crippen molar-refractivity contribution in [2.24, 2.45) is 5.41 Å². The molecule has 0 aromatic carbocycles. The zero-order valence-electron chi connectivity index (χ0n) is 11.7. The summed E-state index contributed by atoms with van der Waals surface area (Å²) in [4.78, 5) is 28.2. The van der Waals surface area contributed by atoms with Gasteiger partial charge in [0.2, 0.25) is 5.91 Å². The molecule has 0 saturated carbocycles. The predicted octanol–water partition coefficient (Wildman–Crippen LogP) is 2.38. The van der Waals surface area contributed by atoms with Crippen LogP contribution in [-0.4, -0.2) is 22.0 Å². The zero-order chi connectivity index (χ0) is 14.6. The van der Waals surface area contributed by atoms with Crippen LogP contribution >= 0.6 is 11.3 Å². The maximum atomic E-state index is 11.8. The van der Waals surface area contributed by atoms with Gasteiger partial charge < -0.3 is 10.4 Å². The van der Waals surface area contributed by atoms with Gasteiger partial charge >= 0.3 is 5.97 Å². The third kappa shape index (κ3) is 4.31. The number of hydrogen-bond acceptors (Lipinski definition) is 4. The normalized spacial score (nSPS) is 13.1. The predicted molar refractivity (Wildman–Crippen MR) is 74.1 cm³/mol. The number of carbonyl (C=O) groups excluding carboxylic acids is 1. The standard InChI is InChI=1S/C13H20N2O3S/c1-5-9-7-14-11(19-9)8(2)15-10(16)6-13(3,4)12(17)18/h7-8H,5-6H2,1-4H3,(H,15,16)(H,17,18). The molecule has 0 saturated heterocycles. The molecule has 2 N–H and O–H groups in total. The molecule has 1 atom stereocenters. The first-order valence-corrected chi connectivity index (χ1v) is 7.05. The highest BCUT2D eigenvalue weighted by molar-refractivity contribution is 7.11. The molecule has 0 spiro atoms. The molecule has 1 rings (SSSR count). The Morgan fingerprint density at radius 1 is 1.53 bits per heavy atom. The van der Waals surface area contributed by atoms with Crippen LogP contribution in [0.1, 0.15) is 50.0 Å². The number of carbonyl (C=O) groups is 2. The first-order chi connectivity index (χ1) is 8.76. The van der Waals surface area contributed by atoms with Crippen LogP contribution in [0.4, 0.5) is 0 Å². The summed E-state index contributed by atoms with van der Waals surface area (Å²) in [6, 6.07) is -0.192. The van der Waals surface area contributed by atoms with Crippen LogP contribution < -0.4 is 5.32 Å². The molecule has 1 heterocycles. The number of thiazole rings is 1. The number of aryl methyl sites for hydroxylation is 1. The third-order valence-corrected chi connectivity index (χ3v) is 4.17. The van der Waals surface area contributed by atoms with Gasteiger partial charge in [0.05, 0.1) is 11.5 Å². The van der Waals surface area contributed by atoms with Crippen molar-refractivity contribution in [1.82, 2.24) is 10.3 Å². The van der Waals surface area contributed by atoms with Gasteiger partial charge in [-0.2, -0.15) is 0 Å². The van der Waals surface area contributed by atoms with Crippen molar-refractivity contribution < 1.29 is 14.7 Å². The lowest BCUT2D eigenvalue weighted by molar-refractivity contribution is -0.149. The van der Waals surface area contributed by atoms with Gasteiger partial charge in [-0.15, -0.1) is 11.3 Å². The number of amides is 1. The van der Waals surface area contributed by atoms with E-state index in [2.05, 4.69) is 17.2 Å². The Labute approximate surface area is 117 Å². The molecule has 1 unspecified atom stereocenters. The van der Waals surface area contributed by atoms with Gasteiger partial charge in [-0.3, -0.25) is 9.59 Å². The monoisotopic (exact) mass is 284 g/mol. The Morgan fingerprint density at radius 3 is 2.63 bits per heavy atom. The first-order valence-electron chi connectivity index (χ1n) is 6.23. The van der Waals surface area contributed by atoms with Crippen LogP contribution in [0.2, 0.25) is 0 Å². The molecule has 19 heavy (non-hydrogen) atoms. The van der Waals surface area contributed by atoms with Gasteiger partial charge in [0.15, 0.2) is 0 Å². The van der Waals surface area contributed by atoms with Crippen molar-refractivity contribution in [1.29, 1.82) is 0 Å². The molecule has 0 radical (unpaired) electrons. The van der Waals surface area contributed by atoms with Crippen LogP contribution in [0, 0.1) is 5.41 Å². The van der Waals surface area contributed by atoms with Crippen LogP contribution in [0.25, 0.3) is 0 Å². The van der Waals surface area contributed by atoms with E-state index in [1.807, 2.05) is 13.1 Å². The molecular formula is C13H20N2O3S. The highest BCUT2D eigenvalue weighted by Gasteiger charge is 2.30. The Bertz CT molecular complexity index is 468.